The first-order valence-electron chi connectivity index (χ1n) is 5.14. The van der Waals surface area contributed by atoms with Crippen molar-refractivity contribution in [2.45, 2.75) is 13.0 Å². The minimum absolute atomic E-state index is 0.0416. The third-order valence-corrected chi connectivity index (χ3v) is 2.59. The molecule has 0 saturated carbocycles. The van der Waals surface area contributed by atoms with Gasteiger partial charge in [-0.2, -0.15) is 0 Å². The molecule has 0 atom stereocenters. The van der Waals surface area contributed by atoms with Gasteiger partial charge in [-0.25, -0.2) is 0 Å². The van der Waals surface area contributed by atoms with Crippen LogP contribution in [-0.2, 0) is 6.54 Å². The number of benzene rings is 1. The van der Waals surface area contributed by atoms with Crippen LogP contribution in [0.4, 0.5) is 0 Å². The fraction of sp³-hybridized carbons (Fsp3) is 0.333. The van der Waals surface area contributed by atoms with Crippen LogP contribution in [0.3, 0.4) is 0 Å². The Morgan fingerprint density at radius 1 is 1.13 bits per heavy atom. The highest BCUT2D eigenvalue weighted by Crippen LogP contribution is 2.25. The lowest BCUT2D eigenvalue weighted by Crippen LogP contribution is -2.26. The number of rotatable bonds is 2. The Labute approximate surface area is 89.3 Å². The number of phenolic OH excluding ortho intramolecular Hbond substituents is 2. The second kappa shape index (κ2) is 4.36. The average molecular weight is 205 g/mol. The van der Waals surface area contributed by atoms with Crippen molar-refractivity contribution in [3.63, 3.8) is 0 Å². The summed E-state index contributed by atoms with van der Waals surface area (Å²) in [6.07, 6.45) is 5.43. The highest BCUT2D eigenvalue weighted by molar-refractivity contribution is 5.40. The second-order valence-corrected chi connectivity index (χ2v) is 3.82. The molecule has 80 valence electrons. The maximum Gasteiger partial charge on any atom is 0.157 e. The van der Waals surface area contributed by atoms with E-state index in [9.17, 15) is 10.2 Å². The van der Waals surface area contributed by atoms with Gasteiger partial charge in [0.1, 0.15) is 0 Å². The first-order chi connectivity index (χ1) is 7.25. The summed E-state index contributed by atoms with van der Waals surface area (Å²) in [6.45, 7) is 2.83. The van der Waals surface area contributed by atoms with E-state index in [-0.39, 0.29) is 11.5 Å². The lowest BCUT2D eigenvalue weighted by atomic mass is 10.1. The van der Waals surface area contributed by atoms with Crippen LogP contribution in [0.1, 0.15) is 12.0 Å². The van der Waals surface area contributed by atoms with Crippen LogP contribution in [-0.4, -0.2) is 28.2 Å². The van der Waals surface area contributed by atoms with Gasteiger partial charge < -0.3 is 10.2 Å². The zero-order valence-corrected chi connectivity index (χ0v) is 8.56. The predicted octanol–water partition coefficient (Wildman–Crippen LogP) is 1.86. The number of hydrogen-bond acceptors (Lipinski definition) is 3. The topological polar surface area (TPSA) is 43.7 Å². The Bertz CT molecular complexity index is 374. The molecule has 1 aromatic carbocycles. The second-order valence-electron chi connectivity index (χ2n) is 3.82. The molecule has 1 aliphatic rings. The van der Waals surface area contributed by atoms with Gasteiger partial charge in [0, 0.05) is 19.6 Å². The van der Waals surface area contributed by atoms with E-state index < -0.39 is 0 Å². The van der Waals surface area contributed by atoms with Crippen LogP contribution in [0.25, 0.3) is 0 Å². The summed E-state index contributed by atoms with van der Waals surface area (Å²) >= 11 is 0. The van der Waals surface area contributed by atoms with Crippen molar-refractivity contribution in [2.24, 2.45) is 0 Å². The van der Waals surface area contributed by atoms with E-state index >= 15 is 0 Å². The zero-order valence-electron chi connectivity index (χ0n) is 8.56. The summed E-state index contributed by atoms with van der Waals surface area (Å²) in [6, 6.07) is 4.99. The van der Waals surface area contributed by atoms with Crippen LogP contribution in [0.15, 0.2) is 30.4 Å². The van der Waals surface area contributed by atoms with Crippen molar-refractivity contribution >= 4 is 0 Å². The molecule has 0 aromatic heterocycles. The predicted molar refractivity (Wildman–Crippen MR) is 58.8 cm³/mol. The molecule has 2 N–H and O–H groups in total. The summed E-state index contributed by atoms with van der Waals surface area (Å²) in [5.74, 6) is -0.0997. The van der Waals surface area contributed by atoms with E-state index in [1.165, 1.54) is 6.07 Å². The van der Waals surface area contributed by atoms with Gasteiger partial charge in [-0.3, -0.25) is 4.90 Å². The van der Waals surface area contributed by atoms with E-state index in [2.05, 4.69) is 17.1 Å². The molecule has 0 unspecified atom stereocenters. The molecule has 2 rings (SSSR count). The molecule has 0 radical (unpaired) electrons. The maximum absolute atomic E-state index is 9.35. The smallest absolute Gasteiger partial charge is 0.157 e. The maximum atomic E-state index is 9.35. The Morgan fingerprint density at radius 2 is 2.00 bits per heavy atom. The van der Waals surface area contributed by atoms with Crippen LogP contribution in [0.2, 0.25) is 0 Å². The Balaban J connectivity index is 2.04. The summed E-state index contributed by atoms with van der Waals surface area (Å²) < 4.78 is 0. The minimum atomic E-state index is -0.0581. The molecule has 0 aliphatic carbocycles. The molecule has 0 spiro atoms. The monoisotopic (exact) mass is 205 g/mol. The molecule has 1 aromatic rings. The number of phenols is 2. The first kappa shape index (κ1) is 10.1. The van der Waals surface area contributed by atoms with Crippen LogP contribution >= 0.6 is 0 Å². The number of aromatic hydroxyl groups is 2. The summed E-state index contributed by atoms with van der Waals surface area (Å²) in [7, 11) is 0. The minimum Gasteiger partial charge on any atom is -0.504 e. The molecule has 0 saturated heterocycles. The third kappa shape index (κ3) is 2.50. The fourth-order valence-corrected chi connectivity index (χ4v) is 1.76. The van der Waals surface area contributed by atoms with E-state index in [0.29, 0.717) is 0 Å². The van der Waals surface area contributed by atoms with Gasteiger partial charge in [-0.1, -0.05) is 18.2 Å². The normalized spacial score (nSPS) is 16.8. The van der Waals surface area contributed by atoms with Crippen molar-refractivity contribution in [3.05, 3.63) is 35.9 Å². The zero-order chi connectivity index (χ0) is 10.7. The molecule has 1 aliphatic heterocycles. The fourth-order valence-electron chi connectivity index (χ4n) is 1.76. The van der Waals surface area contributed by atoms with Crippen molar-refractivity contribution in [1.29, 1.82) is 0 Å². The highest BCUT2D eigenvalue weighted by atomic mass is 16.3. The molecule has 0 fully saturated rings. The molecule has 3 heteroatoms. The summed E-state index contributed by atoms with van der Waals surface area (Å²) in [4.78, 5) is 2.30. The highest BCUT2D eigenvalue weighted by Gasteiger charge is 2.08. The van der Waals surface area contributed by atoms with Crippen molar-refractivity contribution < 1.29 is 10.2 Å². The van der Waals surface area contributed by atoms with Crippen molar-refractivity contribution in [1.82, 2.24) is 4.90 Å². The van der Waals surface area contributed by atoms with Crippen LogP contribution < -0.4 is 0 Å². The van der Waals surface area contributed by atoms with Gasteiger partial charge in [-0.05, 0) is 24.1 Å². The van der Waals surface area contributed by atoms with E-state index in [1.807, 2.05) is 6.07 Å². The molecule has 0 amide bonds. The van der Waals surface area contributed by atoms with Crippen LogP contribution in [0.5, 0.6) is 11.5 Å². The molecular weight excluding hydrogens is 190 g/mol. The number of hydrogen-bond donors (Lipinski definition) is 2. The lowest BCUT2D eigenvalue weighted by molar-refractivity contribution is 0.290. The van der Waals surface area contributed by atoms with Gasteiger partial charge in [0.2, 0.25) is 0 Å². The standard InChI is InChI=1S/C12H15NO2/c14-11-5-4-10(8-12(11)15)9-13-6-2-1-3-7-13/h1-2,4-5,8,14-15H,3,6-7,9H2. The first-order valence-corrected chi connectivity index (χ1v) is 5.14. The Kier molecular flexibility index (Phi) is 2.92. The summed E-state index contributed by atoms with van der Waals surface area (Å²) in [5.41, 5.74) is 1.03. The van der Waals surface area contributed by atoms with Gasteiger partial charge >= 0.3 is 0 Å². The summed E-state index contributed by atoms with van der Waals surface area (Å²) in [5, 5.41) is 18.5. The van der Waals surface area contributed by atoms with E-state index in [0.717, 1.165) is 31.6 Å². The quantitative estimate of drug-likeness (QED) is 0.572. The van der Waals surface area contributed by atoms with Crippen molar-refractivity contribution in [2.75, 3.05) is 13.1 Å². The van der Waals surface area contributed by atoms with Gasteiger partial charge in [0.25, 0.3) is 0 Å². The van der Waals surface area contributed by atoms with Gasteiger partial charge in [0.15, 0.2) is 11.5 Å². The van der Waals surface area contributed by atoms with Crippen LogP contribution in [0, 0.1) is 0 Å². The SMILES string of the molecule is Oc1ccc(CN2CC=CCC2)cc1O. The lowest BCUT2D eigenvalue weighted by Gasteiger charge is -2.22. The third-order valence-electron chi connectivity index (χ3n) is 2.59. The molecule has 15 heavy (non-hydrogen) atoms. The number of nitrogens with zero attached hydrogens (tertiary/aromatic N) is 1. The molecule has 0 bridgehead atoms. The molecular formula is C12H15NO2. The van der Waals surface area contributed by atoms with Gasteiger partial charge in [0.05, 0.1) is 0 Å². The average Bonchev–Trinajstić information content (AvgIpc) is 2.25. The largest absolute Gasteiger partial charge is 0.504 e. The van der Waals surface area contributed by atoms with E-state index in [1.54, 1.807) is 6.07 Å². The Morgan fingerprint density at radius 3 is 2.67 bits per heavy atom. The molecule has 3 nitrogen and oxygen atoms in total. The molecule has 1 heterocycles. The van der Waals surface area contributed by atoms with Gasteiger partial charge in [-0.15, -0.1) is 0 Å². The van der Waals surface area contributed by atoms with E-state index in [4.69, 9.17) is 0 Å². The Hall–Kier alpha value is -1.48. The van der Waals surface area contributed by atoms with Crippen molar-refractivity contribution in [3.8, 4) is 11.5 Å².